The average molecular weight is 376 g/mol. The third kappa shape index (κ3) is 7.51. The molecule has 5 nitrogen and oxygen atoms in total. The largest absolute Gasteiger partial charge is 0.356 e. The maximum absolute atomic E-state index is 13.0. The van der Waals surface area contributed by atoms with Crippen LogP contribution in [0.15, 0.2) is 24.3 Å². The normalized spacial score (nSPS) is 16.8. The quantitative estimate of drug-likeness (QED) is 0.633. The summed E-state index contributed by atoms with van der Waals surface area (Å²) in [6.07, 6.45) is 1.13. The van der Waals surface area contributed by atoms with Gasteiger partial charge in [0.1, 0.15) is 5.82 Å². The summed E-state index contributed by atoms with van der Waals surface area (Å²) in [6, 6.07) is 5.82. The summed E-state index contributed by atoms with van der Waals surface area (Å²) in [5.74, 6) is 1.36. The molecule has 1 saturated heterocycles. The van der Waals surface area contributed by atoms with Crippen LogP contribution in [0, 0.1) is 5.82 Å². The lowest BCUT2D eigenvalue weighted by Crippen LogP contribution is -2.41. The molecule has 24 heavy (non-hydrogen) atoms. The first-order chi connectivity index (χ1) is 11.1. The molecule has 0 radical (unpaired) electrons. The second kappa shape index (κ2) is 11.3. The average Bonchev–Trinajstić information content (AvgIpc) is 2.55. The lowest BCUT2D eigenvalue weighted by molar-refractivity contribution is -0.121. The molecule has 1 aromatic rings. The van der Waals surface area contributed by atoms with E-state index in [0.29, 0.717) is 31.5 Å². The van der Waals surface area contributed by atoms with Gasteiger partial charge in [0.15, 0.2) is 0 Å². The molecule has 0 bridgehead atoms. The molecule has 1 fully saturated rings. The Labute approximate surface area is 151 Å². The Morgan fingerprint density at radius 3 is 2.79 bits per heavy atom. The molecule has 1 aliphatic rings. The smallest absolute Gasteiger partial charge is 0.251 e. The highest BCUT2D eigenvalue weighted by atomic mass is 35.5. The number of hydrogen-bond acceptors (Lipinski definition) is 4. The highest BCUT2D eigenvalue weighted by Gasteiger charge is 2.16. The van der Waals surface area contributed by atoms with Gasteiger partial charge in [-0.2, -0.15) is 11.8 Å². The third-order valence-corrected chi connectivity index (χ3v) is 4.61. The van der Waals surface area contributed by atoms with E-state index in [2.05, 4.69) is 16.0 Å². The summed E-state index contributed by atoms with van der Waals surface area (Å²) in [4.78, 5) is 23.6. The first-order valence-corrected chi connectivity index (χ1v) is 8.92. The molecular weight excluding hydrogens is 353 g/mol. The lowest BCUT2D eigenvalue weighted by Gasteiger charge is -2.22. The number of carbonyl (C=O) groups is 2. The van der Waals surface area contributed by atoms with E-state index >= 15 is 0 Å². The number of benzene rings is 1. The maximum atomic E-state index is 13.0. The minimum Gasteiger partial charge on any atom is -0.356 e. The Morgan fingerprint density at radius 2 is 2.08 bits per heavy atom. The fourth-order valence-electron chi connectivity index (χ4n) is 2.30. The van der Waals surface area contributed by atoms with Crippen molar-refractivity contribution in [1.82, 2.24) is 16.0 Å². The minimum absolute atomic E-state index is 0. The molecule has 0 aliphatic carbocycles. The Morgan fingerprint density at radius 1 is 1.29 bits per heavy atom. The summed E-state index contributed by atoms with van der Waals surface area (Å²) in [5.41, 5.74) is 0.301. The molecule has 1 aliphatic heterocycles. The molecule has 0 saturated carbocycles. The van der Waals surface area contributed by atoms with Crippen LogP contribution in [0.4, 0.5) is 4.39 Å². The molecule has 0 spiro atoms. The van der Waals surface area contributed by atoms with Crippen LogP contribution in [0.1, 0.15) is 23.2 Å². The van der Waals surface area contributed by atoms with Crippen LogP contribution in [0.5, 0.6) is 0 Å². The zero-order valence-electron chi connectivity index (χ0n) is 13.3. The van der Waals surface area contributed by atoms with E-state index in [1.807, 2.05) is 11.8 Å². The van der Waals surface area contributed by atoms with Gasteiger partial charge in [0.25, 0.3) is 5.91 Å². The van der Waals surface area contributed by atoms with Gasteiger partial charge in [-0.15, -0.1) is 12.4 Å². The highest BCUT2D eigenvalue weighted by Crippen LogP contribution is 2.09. The van der Waals surface area contributed by atoms with Crippen LogP contribution < -0.4 is 16.0 Å². The van der Waals surface area contributed by atoms with Crippen molar-refractivity contribution >= 4 is 36.0 Å². The first kappa shape index (κ1) is 20.7. The van der Waals surface area contributed by atoms with Crippen molar-refractivity contribution in [1.29, 1.82) is 0 Å². The van der Waals surface area contributed by atoms with Crippen molar-refractivity contribution in [2.24, 2.45) is 0 Å². The van der Waals surface area contributed by atoms with Crippen LogP contribution in [-0.4, -0.2) is 49.0 Å². The SMILES string of the molecule is Cl.O=C(CC1CSCCN1)NCCCNC(=O)c1cccc(F)c1. The molecule has 8 heteroatoms. The predicted molar refractivity (Wildman–Crippen MR) is 97.3 cm³/mol. The van der Waals surface area contributed by atoms with E-state index in [1.165, 1.54) is 18.2 Å². The fraction of sp³-hybridized carbons (Fsp3) is 0.500. The highest BCUT2D eigenvalue weighted by molar-refractivity contribution is 7.99. The van der Waals surface area contributed by atoms with E-state index in [9.17, 15) is 14.0 Å². The summed E-state index contributed by atoms with van der Waals surface area (Å²) in [7, 11) is 0. The summed E-state index contributed by atoms with van der Waals surface area (Å²) in [6.45, 7) is 1.91. The molecule has 0 aromatic heterocycles. The van der Waals surface area contributed by atoms with Gasteiger partial charge in [-0.1, -0.05) is 6.07 Å². The molecule has 3 N–H and O–H groups in total. The number of thioether (sulfide) groups is 1. The number of amides is 2. The van der Waals surface area contributed by atoms with Crippen LogP contribution in [0.3, 0.4) is 0 Å². The number of carbonyl (C=O) groups excluding carboxylic acids is 2. The van der Waals surface area contributed by atoms with E-state index in [4.69, 9.17) is 0 Å². The van der Waals surface area contributed by atoms with Gasteiger partial charge in [-0.3, -0.25) is 9.59 Å². The van der Waals surface area contributed by atoms with Crippen molar-refractivity contribution in [3.8, 4) is 0 Å². The Kier molecular flexibility index (Phi) is 9.75. The zero-order chi connectivity index (χ0) is 16.5. The summed E-state index contributed by atoms with van der Waals surface area (Å²) >= 11 is 1.86. The fourth-order valence-corrected chi connectivity index (χ4v) is 3.25. The van der Waals surface area contributed by atoms with Gasteiger partial charge in [-0.05, 0) is 24.6 Å². The van der Waals surface area contributed by atoms with Crippen molar-refractivity contribution < 1.29 is 14.0 Å². The molecule has 1 heterocycles. The number of nitrogens with one attached hydrogen (secondary N) is 3. The van der Waals surface area contributed by atoms with Gasteiger partial charge in [0, 0.05) is 49.2 Å². The topological polar surface area (TPSA) is 70.2 Å². The lowest BCUT2D eigenvalue weighted by atomic mass is 10.2. The first-order valence-electron chi connectivity index (χ1n) is 7.77. The molecular formula is C16H23ClFN3O2S. The minimum atomic E-state index is -0.431. The summed E-state index contributed by atoms with van der Waals surface area (Å²) in [5, 5.41) is 8.88. The van der Waals surface area contributed by atoms with Crippen molar-refractivity contribution in [2.45, 2.75) is 18.9 Å². The number of rotatable bonds is 7. The van der Waals surface area contributed by atoms with E-state index in [-0.39, 0.29) is 30.3 Å². The van der Waals surface area contributed by atoms with Crippen LogP contribution in [-0.2, 0) is 4.79 Å². The zero-order valence-corrected chi connectivity index (χ0v) is 15.0. The van der Waals surface area contributed by atoms with Crippen molar-refractivity contribution in [3.05, 3.63) is 35.6 Å². The van der Waals surface area contributed by atoms with E-state index in [0.717, 1.165) is 18.1 Å². The molecule has 1 aromatic carbocycles. The standard InChI is InChI=1S/C16H22FN3O2S.ClH/c17-13-4-1-3-12(9-13)16(22)20-6-2-5-19-15(21)10-14-11-23-8-7-18-14;/h1,3-4,9,14,18H,2,5-8,10-11H2,(H,19,21)(H,20,22);1H. The second-order valence-electron chi connectivity index (χ2n) is 5.40. The summed E-state index contributed by atoms with van der Waals surface area (Å²) < 4.78 is 13.0. The Bertz CT molecular complexity index is 542. The molecule has 2 rings (SSSR count). The van der Waals surface area contributed by atoms with E-state index in [1.54, 1.807) is 6.07 Å². The van der Waals surface area contributed by atoms with Gasteiger partial charge in [-0.25, -0.2) is 4.39 Å². The molecule has 134 valence electrons. The van der Waals surface area contributed by atoms with E-state index < -0.39 is 5.82 Å². The predicted octanol–water partition coefficient (Wildman–Crippen LogP) is 1.58. The van der Waals surface area contributed by atoms with Crippen LogP contribution >= 0.6 is 24.2 Å². The number of halogens is 2. The maximum Gasteiger partial charge on any atom is 0.251 e. The van der Waals surface area contributed by atoms with Gasteiger partial charge < -0.3 is 16.0 Å². The van der Waals surface area contributed by atoms with Gasteiger partial charge in [0.2, 0.25) is 5.91 Å². The van der Waals surface area contributed by atoms with Crippen LogP contribution in [0.2, 0.25) is 0 Å². The van der Waals surface area contributed by atoms with Crippen molar-refractivity contribution in [3.63, 3.8) is 0 Å². The molecule has 2 amide bonds. The Hall–Kier alpha value is -1.31. The second-order valence-corrected chi connectivity index (χ2v) is 6.55. The Balaban J connectivity index is 0.00000288. The van der Waals surface area contributed by atoms with Crippen molar-refractivity contribution in [2.75, 3.05) is 31.1 Å². The van der Waals surface area contributed by atoms with Gasteiger partial charge in [0.05, 0.1) is 0 Å². The monoisotopic (exact) mass is 375 g/mol. The molecule has 1 unspecified atom stereocenters. The third-order valence-electron chi connectivity index (χ3n) is 3.48. The molecule has 1 atom stereocenters. The van der Waals surface area contributed by atoms with Crippen LogP contribution in [0.25, 0.3) is 0 Å². The number of hydrogen-bond donors (Lipinski definition) is 3. The van der Waals surface area contributed by atoms with Gasteiger partial charge >= 0.3 is 0 Å².